The number of likely N-dealkylation sites (N-methyl/N-ethyl adjacent to an activating group) is 1. The number of nitrogens with one attached hydrogen (secondary N) is 1. The van der Waals surface area contributed by atoms with Crippen molar-refractivity contribution in [3.05, 3.63) is 64.7 Å². The van der Waals surface area contributed by atoms with Crippen molar-refractivity contribution in [1.82, 2.24) is 9.80 Å². The molecule has 3 rings (SSSR count). The number of carbonyl (C=O) groups excluding carboxylic acids is 1. The van der Waals surface area contributed by atoms with Crippen LogP contribution in [0.25, 0.3) is 0 Å². The van der Waals surface area contributed by atoms with Crippen LogP contribution >= 0.6 is 11.6 Å². The van der Waals surface area contributed by atoms with Gasteiger partial charge < -0.3 is 15.1 Å². The van der Waals surface area contributed by atoms with E-state index in [-0.39, 0.29) is 5.91 Å². The van der Waals surface area contributed by atoms with Crippen LogP contribution in [-0.4, -0.2) is 48.9 Å². The summed E-state index contributed by atoms with van der Waals surface area (Å²) < 4.78 is 0. The topological polar surface area (TPSA) is 35.6 Å². The fraction of sp³-hybridized carbons (Fsp3) is 0.381. The molecule has 26 heavy (non-hydrogen) atoms. The molecule has 1 amide bonds. The van der Waals surface area contributed by atoms with Gasteiger partial charge in [-0.05, 0) is 55.9 Å². The van der Waals surface area contributed by atoms with Crippen LogP contribution in [0.3, 0.4) is 0 Å². The van der Waals surface area contributed by atoms with Gasteiger partial charge in [-0.3, -0.25) is 4.79 Å². The highest BCUT2D eigenvalue weighted by Crippen LogP contribution is 2.17. The predicted octanol–water partition coefficient (Wildman–Crippen LogP) is 3.66. The minimum atomic E-state index is 0.219. The van der Waals surface area contributed by atoms with E-state index in [9.17, 15) is 4.79 Å². The van der Waals surface area contributed by atoms with Gasteiger partial charge in [-0.15, -0.1) is 0 Å². The van der Waals surface area contributed by atoms with Gasteiger partial charge in [0.15, 0.2) is 0 Å². The number of anilines is 1. The van der Waals surface area contributed by atoms with Crippen molar-refractivity contribution in [2.75, 3.05) is 32.5 Å². The molecule has 2 aromatic rings. The molecule has 1 aliphatic rings. The minimum absolute atomic E-state index is 0.219. The van der Waals surface area contributed by atoms with E-state index in [4.69, 9.17) is 11.6 Å². The molecule has 1 saturated heterocycles. The van der Waals surface area contributed by atoms with Gasteiger partial charge in [0.25, 0.3) is 0 Å². The summed E-state index contributed by atoms with van der Waals surface area (Å²) in [6, 6.07) is 16.4. The second-order valence-corrected chi connectivity index (χ2v) is 7.54. The first-order valence-corrected chi connectivity index (χ1v) is 9.40. The largest absolute Gasteiger partial charge is 0.381 e. The van der Waals surface area contributed by atoms with Crippen molar-refractivity contribution in [3.8, 4) is 0 Å². The summed E-state index contributed by atoms with van der Waals surface area (Å²) in [5.74, 6) is 0.219. The maximum absolute atomic E-state index is 12.5. The Balaban J connectivity index is 1.49. The zero-order chi connectivity index (χ0) is 18.5. The standard InChI is InChI=1S/C21H26ClN3O/c1-24(2)20-11-12-25(15-20)21(26)13-16-5-9-19(10-6-16)23-14-17-3-7-18(22)8-4-17/h3-10,20,23H,11-15H2,1-2H3/t20-/m0/s1. The van der Waals surface area contributed by atoms with Gasteiger partial charge in [-0.25, -0.2) is 0 Å². The van der Waals surface area contributed by atoms with E-state index in [1.807, 2.05) is 53.4 Å². The summed E-state index contributed by atoms with van der Waals surface area (Å²) in [5.41, 5.74) is 3.28. The Morgan fingerprint density at radius 1 is 1.12 bits per heavy atom. The number of halogens is 1. The van der Waals surface area contributed by atoms with Crippen molar-refractivity contribution < 1.29 is 4.79 Å². The molecular weight excluding hydrogens is 346 g/mol. The third-order valence-corrected chi connectivity index (χ3v) is 5.22. The molecule has 1 atom stereocenters. The number of rotatable bonds is 6. The number of likely N-dealkylation sites (tertiary alicyclic amines) is 1. The molecule has 0 unspecified atom stereocenters. The summed E-state index contributed by atoms with van der Waals surface area (Å²) in [6.07, 6.45) is 1.53. The Morgan fingerprint density at radius 2 is 1.77 bits per heavy atom. The molecule has 0 aliphatic carbocycles. The van der Waals surface area contributed by atoms with E-state index in [1.54, 1.807) is 0 Å². The summed E-state index contributed by atoms with van der Waals surface area (Å²) in [6.45, 7) is 2.45. The van der Waals surface area contributed by atoms with E-state index in [2.05, 4.69) is 24.3 Å². The highest BCUT2D eigenvalue weighted by atomic mass is 35.5. The molecule has 1 aliphatic heterocycles. The zero-order valence-electron chi connectivity index (χ0n) is 15.4. The summed E-state index contributed by atoms with van der Waals surface area (Å²) >= 11 is 5.90. The fourth-order valence-corrected chi connectivity index (χ4v) is 3.35. The van der Waals surface area contributed by atoms with Gasteiger partial charge in [0, 0.05) is 36.4 Å². The summed E-state index contributed by atoms with van der Waals surface area (Å²) in [5, 5.41) is 4.14. The van der Waals surface area contributed by atoms with Gasteiger partial charge in [0.05, 0.1) is 6.42 Å². The molecule has 1 fully saturated rings. The lowest BCUT2D eigenvalue weighted by Gasteiger charge is -2.20. The fourth-order valence-electron chi connectivity index (χ4n) is 3.22. The first-order chi connectivity index (χ1) is 12.5. The average Bonchev–Trinajstić information content (AvgIpc) is 3.13. The normalized spacial score (nSPS) is 16.9. The first-order valence-electron chi connectivity index (χ1n) is 9.03. The third-order valence-electron chi connectivity index (χ3n) is 4.97. The van der Waals surface area contributed by atoms with E-state index < -0.39 is 0 Å². The molecule has 2 aromatic carbocycles. The van der Waals surface area contributed by atoms with E-state index in [0.717, 1.165) is 42.3 Å². The molecule has 0 spiro atoms. The minimum Gasteiger partial charge on any atom is -0.381 e. The molecule has 4 nitrogen and oxygen atoms in total. The first kappa shape index (κ1) is 18.7. The Kier molecular flexibility index (Phi) is 6.17. The Morgan fingerprint density at radius 3 is 2.38 bits per heavy atom. The second kappa shape index (κ2) is 8.56. The van der Waals surface area contributed by atoms with Crippen LogP contribution in [0.15, 0.2) is 48.5 Å². The maximum Gasteiger partial charge on any atom is 0.227 e. The predicted molar refractivity (Wildman–Crippen MR) is 108 cm³/mol. The van der Waals surface area contributed by atoms with Crippen LogP contribution in [0, 0.1) is 0 Å². The Bertz CT molecular complexity index is 728. The molecule has 1 N–H and O–H groups in total. The SMILES string of the molecule is CN(C)[C@H]1CCN(C(=O)Cc2ccc(NCc3ccc(Cl)cc3)cc2)C1. The number of hydrogen-bond acceptors (Lipinski definition) is 3. The monoisotopic (exact) mass is 371 g/mol. The van der Waals surface area contributed by atoms with Crippen molar-refractivity contribution in [2.45, 2.75) is 25.4 Å². The second-order valence-electron chi connectivity index (χ2n) is 7.10. The van der Waals surface area contributed by atoms with Gasteiger partial charge in [0.1, 0.15) is 0 Å². The number of amides is 1. The van der Waals surface area contributed by atoms with E-state index >= 15 is 0 Å². The molecule has 0 aromatic heterocycles. The molecule has 0 bridgehead atoms. The Labute approximate surface area is 160 Å². The van der Waals surface area contributed by atoms with Crippen LogP contribution in [-0.2, 0) is 17.8 Å². The van der Waals surface area contributed by atoms with Gasteiger partial charge >= 0.3 is 0 Å². The van der Waals surface area contributed by atoms with Gasteiger partial charge in [-0.1, -0.05) is 35.9 Å². The third kappa shape index (κ3) is 4.99. The Hall–Kier alpha value is -2.04. The highest BCUT2D eigenvalue weighted by molar-refractivity contribution is 6.30. The molecule has 1 heterocycles. The smallest absolute Gasteiger partial charge is 0.227 e. The van der Waals surface area contributed by atoms with E-state index in [1.165, 1.54) is 5.56 Å². The lowest BCUT2D eigenvalue weighted by Crippen LogP contribution is -2.35. The van der Waals surface area contributed by atoms with E-state index in [0.29, 0.717) is 12.5 Å². The van der Waals surface area contributed by atoms with Crippen LogP contribution in [0.4, 0.5) is 5.69 Å². The van der Waals surface area contributed by atoms with Crippen LogP contribution in [0.2, 0.25) is 5.02 Å². The van der Waals surface area contributed by atoms with Gasteiger partial charge in [0.2, 0.25) is 5.91 Å². The lowest BCUT2D eigenvalue weighted by molar-refractivity contribution is -0.129. The summed E-state index contributed by atoms with van der Waals surface area (Å²) in [7, 11) is 4.16. The zero-order valence-corrected chi connectivity index (χ0v) is 16.2. The van der Waals surface area contributed by atoms with Crippen molar-refractivity contribution in [3.63, 3.8) is 0 Å². The highest BCUT2D eigenvalue weighted by Gasteiger charge is 2.27. The molecule has 0 saturated carbocycles. The quantitative estimate of drug-likeness (QED) is 0.841. The number of hydrogen-bond donors (Lipinski definition) is 1. The lowest BCUT2D eigenvalue weighted by atomic mass is 10.1. The maximum atomic E-state index is 12.5. The molecule has 138 valence electrons. The molecular formula is C21H26ClN3O. The summed E-state index contributed by atoms with van der Waals surface area (Å²) in [4.78, 5) is 16.7. The molecule has 5 heteroatoms. The van der Waals surface area contributed by atoms with Crippen LogP contribution in [0.1, 0.15) is 17.5 Å². The van der Waals surface area contributed by atoms with Crippen molar-refractivity contribution in [1.29, 1.82) is 0 Å². The van der Waals surface area contributed by atoms with Crippen molar-refractivity contribution in [2.24, 2.45) is 0 Å². The number of carbonyl (C=O) groups is 1. The molecule has 0 radical (unpaired) electrons. The average molecular weight is 372 g/mol. The van der Waals surface area contributed by atoms with Crippen LogP contribution in [0.5, 0.6) is 0 Å². The number of nitrogens with zero attached hydrogens (tertiary/aromatic N) is 2. The van der Waals surface area contributed by atoms with Crippen molar-refractivity contribution >= 4 is 23.2 Å². The van der Waals surface area contributed by atoms with Crippen LogP contribution < -0.4 is 5.32 Å². The number of benzene rings is 2. The van der Waals surface area contributed by atoms with Gasteiger partial charge in [-0.2, -0.15) is 0 Å².